The van der Waals surface area contributed by atoms with Crippen molar-refractivity contribution < 1.29 is 4.79 Å². The molecule has 1 heterocycles. The summed E-state index contributed by atoms with van der Waals surface area (Å²) in [6.07, 6.45) is 9.35. The number of amides is 1. The van der Waals surface area contributed by atoms with Crippen LogP contribution in [0.5, 0.6) is 0 Å². The van der Waals surface area contributed by atoms with Gasteiger partial charge >= 0.3 is 0 Å². The Kier molecular flexibility index (Phi) is 4.91. The van der Waals surface area contributed by atoms with Gasteiger partial charge in [0, 0.05) is 25.7 Å². The molecule has 1 saturated heterocycles. The van der Waals surface area contributed by atoms with Crippen LogP contribution in [0.15, 0.2) is 0 Å². The van der Waals surface area contributed by atoms with Crippen molar-refractivity contribution in [2.24, 2.45) is 11.8 Å². The zero-order chi connectivity index (χ0) is 11.7. The molecule has 1 aliphatic heterocycles. The third-order valence-electron chi connectivity index (χ3n) is 4.58. The number of nitrogens with zero attached hydrogens (tertiary/aromatic N) is 1. The summed E-state index contributed by atoms with van der Waals surface area (Å²) in [4.78, 5) is 14.6. The second-order valence-electron chi connectivity index (χ2n) is 6.08. The fourth-order valence-corrected chi connectivity index (χ4v) is 3.15. The van der Waals surface area contributed by atoms with Gasteiger partial charge in [0.2, 0.25) is 5.91 Å². The van der Waals surface area contributed by atoms with E-state index < -0.39 is 0 Å². The molecule has 0 unspecified atom stereocenters. The second kappa shape index (κ2) is 6.25. The molecule has 0 aromatic heterocycles. The molecule has 0 aromatic rings. The molecular weight excluding hydrogens is 248 g/mol. The summed E-state index contributed by atoms with van der Waals surface area (Å²) in [5.41, 5.74) is 0. The van der Waals surface area contributed by atoms with Gasteiger partial charge in [0.15, 0.2) is 0 Å². The van der Waals surface area contributed by atoms with E-state index in [1.165, 1.54) is 44.9 Å². The van der Waals surface area contributed by atoms with Gasteiger partial charge in [-0.1, -0.05) is 19.3 Å². The Bertz CT molecular complexity index is 284. The maximum absolute atomic E-state index is 12.4. The minimum atomic E-state index is 0. The summed E-state index contributed by atoms with van der Waals surface area (Å²) in [7, 11) is 0. The van der Waals surface area contributed by atoms with Crippen LogP contribution in [0.4, 0.5) is 0 Å². The molecular formula is C14H25ClN2O. The summed E-state index contributed by atoms with van der Waals surface area (Å²) < 4.78 is 0. The topological polar surface area (TPSA) is 32.3 Å². The van der Waals surface area contributed by atoms with Crippen LogP contribution in [0.1, 0.15) is 44.9 Å². The average molecular weight is 273 g/mol. The molecule has 2 saturated carbocycles. The lowest BCUT2D eigenvalue weighted by atomic mass is 9.88. The largest absolute Gasteiger partial charge is 0.339 e. The highest BCUT2D eigenvalue weighted by atomic mass is 35.5. The predicted octanol–water partition coefficient (Wildman–Crippen LogP) is 2.20. The van der Waals surface area contributed by atoms with Crippen LogP contribution in [-0.2, 0) is 4.79 Å². The van der Waals surface area contributed by atoms with E-state index in [9.17, 15) is 4.79 Å². The first-order valence-electron chi connectivity index (χ1n) is 7.36. The Morgan fingerprint density at radius 1 is 1.06 bits per heavy atom. The van der Waals surface area contributed by atoms with Crippen molar-refractivity contribution in [1.29, 1.82) is 0 Å². The van der Waals surface area contributed by atoms with Gasteiger partial charge in [0.1, 0.15) is 0 Å². The highest BCUT2D eigenvalue weighted by molar-refractivity contribution is 5.85. The van der Waals surface area contributed by atoms with Gasteiger partial charge < -0.3 is 10.2 Å². The molecule has 0 spiro atoms. The first kappa shape index (κ1) is 14.1. The maximum atomic E-state index is 12.4. The van der Waals surface area contributed by atoms with Gasteiger partial charge in [0.05, 0.1) is 5.92 Å². The second-order valence-corrected chi connectivity index (χ2v) is 6.08. The van der Waals surface area contributed by atoms with Crippen molar-refractivity contribution in [1.82, 2.24) is 10.2 Å². The number of carbonyl (C=O) groups is 1. The Balaban J connectivity index is 0.00000120. The van der Waals surface area contributed by atoms with Crippen LogP contribution in [0.25, 0.3) is 0 Å². The fraction of sp³-hybridized carbons (Fsp3) is 0.929. The molecule has 3 nitrogen and oxygen atoms in total. The van der Waals surface area contributed by atoms with E-state index in [1.807, 2.05) is 0 Å². The van der Waals surface area contributed by atoms with Crippen molar-refractivity contribution in [2.75, 3.05) is 19.6 Å². The van der Waals surface area contributed by atoms with Gasteiger partial charge in [-0.15, -0.1) is 12.4 Å². The maximum Gasteiger partial charge on any atom is 0.228 e. The SMILES string of the molecule is Cl.O=C(C1CNC1)N(CC1CCCCC1)C1CC1. The number of carbonyl (C=O) groups excluding carboxylic acids is 1. The first-order chi connectivity index (χ1) is 8.34. The normalized spacial score (nSPS) is 25.1. The van der Waals surface area contributed by atoms with Crippen LogP contribution >= 0.6 is 12.4 Å². The van der Waals surface area contributed by atoms with E-state index in [1.54, 1.807) is 0 Å². The molecule has 2 aliphatic carbocycles. The van der Waals surface area contributed by atoms with Gasteiger partial charge in [0.25, 0.3) is 0 Å². The number of hydrogen-bond donors (Lipinski definition) is 1. The summed E-state index contributed by atoms with van der Waals surface area (Å²) in [6.45, 7) is 2.87. The summed E-state index contributed by atoms with van der Waals surface area (Å²) >= 11 is 0. The standard InChI is InChI=1S/C14H24N2O.ClH/c17-14(12-8-15-9-12)16(13-6-7-13)10-11-4-2-1-3-5-11;/h11-13,15H,1-10H2;1H. The molecule has 104 valence electrons. The number of rotatable bonds is 4. The van der Waals surface area contributed by atoms with Gasteiger partial charge in [-0.3, -0.25) is 4.79 Å². The van der Waals surface area contributed by atoms with Crippen LogP contribution in [-0.4, -0.2) is 36.5 Å². The summed E-state index contributed by atoms with van der Waals surface area (Å²) in [5.74, 6) is 1.53. The number of nitrogens with one attached hydrogen (secondary N) is 1. The summed E-state index contributed by atoms with van der Waals surface area (Å²) in [5, 5.41) is 3.21. The van der Waals surface area contributed by atoms with Gasteiger partial charge in [-0.2, -0.15) is 0 Å². The molecule has 0 bridgehead atoms. The Morgan fingerprint density at radius 3 is 2.22 bits per heavy atom. The monoisotopic (exact) mass is 272 g/mol. The zero-order valence-corrected chi connectivity index (χ0v) is 11.9. The predicted molar refractivity (Wildman–Crippen MR) is 74.9 cm³/mol. The average Bonchev–Trinajstić information content (AvgIpc) is 3.08. The van der Waals surface area contributed by atoms with Crippen molar-refractivity contribution >= 4 is 18.3 Å². The third-order valence-corrected chi connectivity index (χ3v) is 4.58. The molecule has 0 aromatic carbocycles. The van der Waals surface area contributed by atoms with Gasteiger partial charge in [-0.05, 0) is 31.6 Å². The van der Waals surface area contributed by atoms with Crippen LogP contribution < -0.4 is 5.32 Å². The van der Waals surface area contributed by atoms with Gasteiger partial charge in [-0.25, -0.2) is 0 Å². The van der Waals surface area contributed by atoms with Crippen LogP contribution in [0.2, 0.25) is 0 Å². The smallest absolute Gasteiger partial charge is 0.228 e. The van der Waals surface area contributed by atoms with Crippen molar-refractivity contribution in [3.05, 3.63) is 0 Å². The molecule has 3 fully saturated rings. The van der Waals surface area contributed by atoms with Crippen molar-refractivity contribution in [2.45, 2.75) is 51.0 Å². The minimum Gasteiger partial charge on any atom is -0.339 e. The molecule has 3 rings (SSSR count). The Morgan fingerprint density at radius 2 is 1.72 bits per heavy atom. The van der Waals surface area contributed by atoms with Crippen LogP contribution in [0.3, 0.4) is 0 Å². The highest BCUT2D eigenvalue weighted by Gasteiger charge is 2.38. The molecule has 18 heavy (non-hydrogen) atoms. The molecule has 1 amide bonds. The van der Waals surface area contributed by atoms with E-state index in [4.69, 9.17) is 0 Å². The van der Waals surface area contributed by atoms with E-state index in [0.29, 0.717) is 17.9 Å². The lowest BCUT2D eigenvalue weighted by molar-refractivity contribution is -0.138. The molecule has 0 radical (unpaired) electrons. The van der Waals surface area contributed by atoms with E-state index >= 15 is 0 Å². The minimum absolute atomic E-state index is 0. The lowest BCUT2D eigenvalue weighted by Crippen LogP contribution is -2.53. The summed E-state index contributed by atoms with van der Waals surface area (Å²) in [6, 6.07) is 0.602. The van der Waals surface area contributed by atoms with Crippen LogP contribution in [0, 0.1) is 11.8 Å². The quantitative estimate of drug-likeness (QED) is 0.851. The zero-order valence-electron chi connectivity index (χ0n) is 11.1. The molecule has 1 N–H and O–H groups in total. The van der Waals surface area contributed by atoms with Crippen molar-refractivity contribution in [3.63, 3.8) is 0 Å². The van der Waals surface area contributed by atoms with E-state index in [2.05, 4.69) is 10.2 Å². The first-order valence-corrected chi connectivity index (χ1v) is 7.36. The molecule has 4 heteroatoms. The molecule has 3 aliphatic rings. The highest BCUT2D eigenvalue weighted by Crippen LogP contribution is 2.32. The molecule has 0 atom stereocenters. The lowest BCUT2D eigenvalue weighted by Gasteiger charge is -2.35. The fourth-order valence-electron chi connectivity index (χ4n) is 3.15. The number of hydrogen-bond acceptors (Lipinski definition) is 2. The Labute approximate surface area is 116 Å². The third kappa shape index (κ3) is 3.18. The number of halogens is 1. The van der Waals surface area contributed by atoms with Crippen molar-refractivity contribution in [3.8, 4) is 0 Å². The Hall–Kier alpha value is -0.280. The van der Waals surface area contributed by atoms with E-state index in [0.717, 1.165) is 25.6 Å². The van der Waals surface area contributed by atoms with E-state index in [-0.39, 0.29) is 12.4 Å².